The number of amides is 2. The highest BCUT2D eigenvalue weighted by atomic mass is 32.1. The summed E-state index contributed by atoms with van der Waals surface area (Å²) in [6.45, 7) is 7.64. The molecule has 0 spiro atoms. The van der Waals surface area contributed by atoms with Gasteiger partial charge in [0.15, 0.2) is 5.11 Å². The topological polar surface area (TPSA) is 49.4 Å². The Kier molecular flexibility index (Phi) is 3.95. The van der Waals surface area contributed by atoms with Crippen LogP contribution >= 0.6 is 12.2 Å². The van der Waals surface area contributed by atoms with Gasteiger partial charge < -0.3 is 0 Å². The molecule has 1 fully saturated rings. The minimum atomic E-state index is -0.427. The van der Waals surface area contributed by atoms with Gasteiger partial charge in [-0.25, -0.2) is 0 Å². The van der Waals surface area contributed by atoms with Crippen molar-refractivity contribution in [2.24, 2.45) is 5.92 Å². The maximum absolute atomic E-state index is 11.9. The first-order valence-corrected chi connectivity index (χ1v) is 5.38. The third-order valence-electron chi connectivity index (χ3n) is 2.00. The van der Waals surface area contributed by atoms with Crippen molar-refractivity contribution in [2.45, 2.75) is 13.8 Å². The van der Waals surface area contributed by atoms with E-state index in [0.717, 1.165) is 0 Å². The first-order valence-electron chi connectivity index (χ1n) is 4.97. The first kappa shape index (κ1) is 12.6. The van der Waals surface area contributed by atoms with Gasteiger partial charge in [-0.2, -0.15) is 0 Å². The third kappa shape index (κ3) is 2.55. The Balaban J connectivity index is 3.03. The van der Waals surface area contributed by atoms with Gasteiger partial charge in [0.1, 0.15) is 5.57 Å². The zero-order valence-electron chi connectivity index (χ0n) is 9.32. The van der Waals surface area contributed by atoms with Crippen LogP contribution < -0.4 is 5.32 Å². The lowest BCUT2D eigenvalue weighted by atomic mass is 10.1. The molecule has 0 aromatic carbocycles. The molecule has 4 nitrogen and oxygen atoms in total. The number of hydrogen-bond acceptors (Lipinski definition) is 3. The van der Waals surface area contributed by atoms with E-state index in [1.807, 2.05) is 13.8 Å². The van der Waals surface area contributed by atoms with Gasteiger partial charge in [0, 0.05) is 6.54 Å². The van der Waals surface area contributed by atoms with Gasteiger partial charge in [-0.3, -0.25) is 19.8 Å². The minimum absolute atomic E-state index is 0.127. The van der Waals surface area contributed by atoms with Crippen LogP contribution in [0, 0.1) is 5.92 Å². The molecule has 5 heteroatoms. The van der Waals surface area contributed by atoms with Crippen LogP contribution in [0.15, 0.2) is 24.3 Å². The number of thiocarbonyl (C=S) groups is 1. The van der Waals surface area contributed by atoms with Crippen LogP contribution in [0.4, 0.5) is 0 Å². The van der Waals surface area contributed by atoms with Gasteiger partial charge in [-0.15, -0.1) is 6.58 Å². The average Bonchev–Trinajstić information content (AvgIpc) is 2.19. The number of carbonyl (C=O) groups excluding carboxylic acids is 2. The molecule has 0 aromatic heterocycles. The van der Waals surface area contributed by atoms with Crippen molar-refractivity contribution < 1.29 is 9.59 Å². The lowest BCUT2D eigenvalue weighted by Crippen LogP contribution is -2.54. The predicted molar refractivity (Wildman–Crippen MR) is 65.6 cm³/mol. The lowest BCUT2D eigenvalue weighted by Gasteiger charge is -2.28. The van der Waals surface area contributed by atoms with E-state index in [1.165, 1.54) is 4.90 Å². The van der Waals surface area contributed by atoms with Crippen LogP contribution in [0.2, 0.25) is 0 Å². The number of nitrogens with zero attached hydrogens (tertiary/aromatic N) is 1. The summed E-state index contributed by atoms with van der Waals surface area (Å²) in [5.74, 6) is -0.659. The molecule has 0 bridgehead atoms. The second-order valence-electron chi connectivity index (χ2n) is 3.79. The molecule has 0 aromatic rings. The van der Waals surface area contributed by atoms with Gasteiger partial charge >= 0.3 is 0 Å². The summed E-state index contributed by atoms with van der Waals surface area (Å²) in [6.07, 6.45) is 3.20. The van der Waals surface area contributed by atoms with Crippen LogP contribution in [0.1, 0.15) is 13.8 Å². The smallest absolute Gasteiger partial charge is 0.265 e. The normalized spacial score (nSPS) is 19.3. The number of carbonyl (C=O) groups is 2. The fraction of sp³-hybridized carbons (Fsp3) is 0.364. The Hall–Kier alpha value is -1.49. The molecule has 0 atom stereocenters. The summed E-state index contributed by atoms with van der Waals surface area (Å²) >= 11 is 4.91. The lowest BCUT2D eigenvalue weighted by molar-refractivity contribution is -0.128. The predicted octanol–water partition coefficient (Wildman–Crippen LogP) is 0.998. The molecule has 0 saturated carbocycles. The standard InChI is InChI=1S/C11H14N2O2S/c1-4-5-13-10(15)8(6-7(2)3)9(14)12-11(13)16/h4,6-7H,1,5H2,2-3H3,(H,12,14,16)/b8-6+. The molecule has 1 heterocycles. The Morgan fingerprint density at radius 3 is 2.62 bits per heavy atom. The summed E-state index contributed by atoms with van der Waals surface area (Å²) in [6, 6.07) is 0. The molecule has 1 N–H and O–H groups in total. The first-order chi connectivity index (χ1) is 7.47. The molecule has 1 saturated heterocycles. The second-order valence-corrected chi connectivity index (χ2v) is 4.17. The third-order valence-corrected chi connectivity index (χ3v) is 2.32. The zero-order chi connectivity index (χ0) is 12.3. The molecule has 0 unspecified atom stereocenters. The SMILES string of the molecule is C=CCN1C(=O)/C(=C/C(C)C)C(=O)NC1=S. The fourth-order valence-corrected chi connectivity index (χ4v) is 1.59. The molecule has 0 aliphatic carbocycles. The Labute approximate surface area is 100.0 Å². The summed E-state index contributed by atoms with van der Waals surface area (Å²) in [4.78, 5) is 24.8. The van der Waals surface area contributed by atoms with Gasteiger partial charge in [0.25, 0.3) is 11.8 Å². The fourth-order valence-electron chi connectivity index (χ4n) is 1.34. The molecule has 16 heavy (non-hydrogen) atoms. The van der Waals surface area contributed by atoms with Gasteiger partial charge in [-0.05, 0) is 18.1 Å². The number of nitrogens with one attached hydrogen (secondary N) is 1. The minimum Gasteiger partial charge on any atom is -0.298 e. The summed E-state index contributed by atoms with van der Waals surface area (Å²) < 4.78 is 0. The number of rotatable bonds is 3. The van der Waals surface area contributed by atoms with Crippen molar-refractivity contribution in [3.8, 4) is 0 Å². The van der Waals surface area contributed by atoms with Crippen LogP contribution in [-0.2, 0) is 9.59 Å². The monoisotopic (exact) mass is 238 g/mol. The maximum atomic E-state index is 11.9. The van der Waals surface area contributed by atoms with E-state index >= 15 is 0 Å². The van der Waals surface area contributed by atoms with Crippen molar-refractivity contribution >= 4 is 29.1 Å². The number of hydrogen-bond donors (Lipinski definition) is 1. The van der Waals surface area contributed by atoms with Gasteiger partial charge in [-0.1, -0.05) is 26.0 Å². The van der Waals surface area contributed by atoms with E-state index in [2.05, 4.69) is 11.9 Å². The Bertz CT molecular complexity index is 385. The molecule has 1 aliphatic rings. The molecular weight excluding hydrogens is 224 g/mol. The van der Waals surface area contributed by atoms with E-state index in [-0.39, 0.29) is 22.5 Å². The zero-order valence-corrected chi connectivity index (χ0v) is 10.1. The summed E-state index contributed by atoms with van der Waals surface area (Å²) in [5.41, 5.74) is 0.144. The van der Waals surface area contributed by atoms with Gasteiger partial charge in [0.05, 0.1) is 0 Å². The second kappa shape index (κ2) is 5.03. The van der Waals surface area contributed by atoms with Crippen LogP contribution in [-0.4, -0.2) is 28.4 Å². The Morgan fingerprint density at radius 1 is 1.50 bits per heavy atom. The average molecular weight is 238 g/mol. The summed E-state index contributed by atoms with van der Waals surface area (Å²) in [7, 11) is 0. The molecule has 1 aliphatic heterocycles. The van der Waals surface area contributed by atoms with Crippen molar-refractivity contribution in [2.75, 3.05) is 6.54 Å². The van der Waals surface area contributed by atoms with Crippen molar-refractivity contribution in [1.29, 1.82) is 0 Å². The molecule has 1 rings (SSSR count). The van der Waals surface area contributed by atoms with E-state index in [1.54, 1.807) is 12.2 Å². The summed E-state index contributed by atoms with van der Waals surface area (Å²) in [5, 5.41) is 2.62. The maximum Gasteiger partial charge on any atom is 0.265 e. The highest BCUT2D eigenvalue weighted by molar-refractivity contribution is 7.80. The largest absolute Gasteiger partial charge is 0.298 e. The van der Waals surface area contributed by atoms with E-state index in [9.17, 15) is 9.59 Å². The molecular formula is C11H14N2O2S. The van der Waals surface area contributed by atoms with Crippen molar-refractivity contribution in [1.82, 2.24) is 10.2 Å². The quantitative estimate of drug-likeness (QED) is 0.345. The molecule has 86 valence electrons. The van der Waals surface area contributed by atoms with Gasteiger partial charge in [0.2, 0.25) is 0 Å². The molecule has 2 amide bonds. The highest BCUT2D eigenvalue weighted by Gasteiger charge is 2.32. The van der Waals surface area contributed by atoms with Crippen molar-refractivity contribution in [3.63, 3.8) is 0 Å². The van der Waals surface area contributed by atoms with Crippen molar-refractivity contribution in [3.05, 3.63) is 24.3 Å². The van der Waals surface area contributed by atoms with E-state index < -0.39 is 5.91 Å². The van der Waals surface area contributed by atoms with Crippen LogP contribution in [0.3, 0.4) is 0 Å². The highest BCUT2D eigenvalue weighted by Crippen LogP contribution is 2.12. The Morgan fingerprint density at radius 2 is 2.12 bits per heavy atom. The number of allylic oxidation sites excluding steroid dienone is 1. The van der Waals surface area contributed by atoms with Crippen LogP contribution in [0.5, 0.6) is 0 Å². The van der Waals surface area contributed by atoms with Crippen LogP contribution in [0.25, 0.3) is 0 Å². The molecule has 0 radical (unpaired) electrons. The van der Waals surface area contributed by atoms with E-state index in [0.29, 0.717) is 6.54 Å². The van der Waals surface area contributed by atoms with E-state index in [4.69, 9.17) is 12.2 Å².